The fraction of sp³-hybridized carbons (Fsp3) is 0.750. The minimum atomic E-state index is -0.129. The normalized spacial score (nSPS) is 11.1. The van der Waals surface area contributed by atoms with Crippen LogP contribution in [0.25, 0.3) is 0 Å². The number of hydrogen-bond acceptors (Lipinski definition) is 3. The van der Waals surface area contributed by atoms with Gasteiger partial charge in [0.05, 0.1) is 13.2 Å². The van der Waals surface area contributed by atoms with E-state index < -0.39 is 0 Å². The molecule has 0 rings (SSSR count). The van der Waals surface area contributed by atoms with Gasteiger partial charge < -0.3 is 19.7 Å². The van der Waals surface area contributed by atoms with E-state index in [0.29, 0.717) is 32.2 Å². The molecule has 0 aromatic carbocycles. The third-order valence-electron chi connectivity index (χ3n) is 2.11. The van der Waals surface area contributed by atoms with E-state index >= 15 is 0 Å². The summed E-state index contributed by atoms with van der Waals surface area (Å²) < 4.78 is 9.93. The molecule has 1 N–H and O–H groups in total. The largest absolute Gasteiger partial charge is 0.383 e. The predicted octanol–water partition coefficient (Wildman–Crippen LogP) is 1.46. The van der Waals surface area contributed by atoms with E-state index in [-0.39, 0.29) is 6.03 Å². The summed E-state index contributed by atoms with van der Waals surface area (Å²) in [7, 11) is 3.23. The van der Waals surface area contributed by atoms with Gasteiger partial charge in [-0.25, -0.2) is 4.79 Å². The van der Waals surface area contributed by atoms with Gasteiger partial charge in [0.1, 0.15) is 0 Å². The third-order valence-corrected chi connectivity index (χ3v) is 2.11. The van der Waals surface area contributed by atoms with Gasteiger partial charge in [0.2, 0.25) is 0 Å². The first-order valence-corrected chi connectivity index (χ1v) is 5.81. The first-order valence-electron chi connectivity index (χ1n) is 5.81. The first-order chi connectivity index (χ1) is 8.11. The number of nitrogens with one attached hydrogen (secondary N) is 1. The van der Waals surface area contributed by atoms with Gasteiger partial charge in [-0.3, -0.25) is 0 Å². The molecule has 0 aromatic rings. The quantitative estimate of drug-likeness (QED) is 0.703. The van der Waals surface area contributed by atoms with Gasteiger partial charge in [-0.1, -0.05) is 19.9 Å². The fourth-order valence-electron chi connectivity index (χ4n) is 1.12. The molecule has 0 radical (unpaired) electrons. The molecule has 2 amide bonds. The van der Waals surface area contributed by atoms with Gasteiger partial charge in [-0.15, -0.1) is 0 Å². The summed E-state index contributed by atoms with van der Waals surface area (Å²) in [6.07, 6.45) is 3.61. The standard InChI is InChI=1S/C12H24N2O3/c1-11(2)5-6-13-12(15)14(7-9-16-3)8-10-17-4/h5-6,11H,7-10H2,1-4H3,(H,13,15)/b6-5+. The molecular formula is C12H24N2O3. The molecular weight excluding hydrogens is 220 g/mol. The molecule has 0 aliphatic rings. The Morgan fingerprint density at radius 2 is 1.76 bits per heavy atom. The first kappa shape index (κ1) is 15.9. The number of ether oxygens (including phenoxy) is 2. The van der Waals surface area contributed by atoms with Crippen LogP contribution in [0.2, 0.25) is 0 Å². The van der Waals surface area contributed by atoms with Crippen LogP contribution in [0, 0.1) is 5.92 Å². The molecule has 0 aliphatic heterocycles. The summed E-state index contributed by atoms with van der Waals surface area (Å²) in [5.41, 5.74) is 0. The van der Waals surface area contributed by atoms with Crippen LogP contribution in [0.4, 0.5) is 4.79 Å². The summed E-state index contributed by atoms with van der Waals surface area (Å²) in [5, 5.41) is 2.73. The van der Waals surface area contributed by atoms with Crippen LogP contribution in [0.15, 0.2) is 12.3 Å². The maximum atomic E-state index is 11.8. The smallest absolute Gasteiger partial charge is 0.321 e. The summed E-state index contributed by atoms with van der Waals surface area (Å²) in [6.45, 7) is 6.25. The predicted molar refractivity (Wildman–Crippen MR) is 67.8 cm³/mol. The number of allylic oxidation sites excluding steroid dienone is 1. The van der Waals surface area contributed by atoms with Crippen molar-refractivity contribution in [1.29, 1.82) is 0 Å². The monoisotopic (exact) mass is 244 g/mol. The molecule has 0 aliphatic carbocycles. The van der Waals surface area contributed by atoms with Crippen molar-refractivity contribution < 1.29 is 14.3 Å². The van der Waals surface area contributed by atoms with Crippen LogP contribution in [-0.2, 0) is 9.47 Å². The molecule has 0 aromatic heterocycles. The zero-order chi connectivity index (χ0) is 13.1. The number of carbonyl (C=O) groups is 1. The number of urea groups is 1. The molecule has 0 bridgehead atoms. The molecule has 0 fully saturated rings. The summed E-state index contributed by atoms with van der Waals surface area (Å²) >= 11 is 0. The molecule has 17 heavy (non-hydrogen) atoms. The summed E-state index contributed by atoms with van der Waals surface area (Å²) in [4.78, 5) is 13.5. The Balaban J connectivity index is 4.11. The highest BCUT2D eigenvalue weighted by Crippen LogP contribution is 1.94. The highest BCUT2D eigenvalue weighted by atomic mass is 16.5. The van der Waals surface area contributed by atoms with Crippen molar-refractivity contribution >= 4 is 6.03 Å². The molecule has 5 heteroatoms. The Hall–Kier alpha value is -1.07. The van der Waals surface area contributed by atoms with E-state index in [0.717, 1.165) is 0 Å². The van der Waals surface area contributed by atoms with Crippen LogP contribution in [0.5, 0.6) is 0 Å². The van der Waals surface area contributed by atoms with Crippen LogP contribution in [0.1, 0.15) is 13.8 Å². The summed E-state index contributed by atoms with van der Waals surface area (Å²) in [5.74, 6) is 0.418. The van der Waals surface area contributed by atoms with Gasteiger partial charge in [0.15, 0.2) is 0 Å². The Bertz CT molecular complexity index is 222. The van der Waals surface area contributed by atoms with Crippen molar-refractivity contribution in [3.05, 3.63) is 12.3 Å². The Morgan fingerprint density at radius 1 is 1.24 bits per heavy atom. The second kappa shape index (κ2) is 10.1. The van der Waals surface area contributed by atoms with Crippen molar-refractivity contribution in [3.63, 3.8) is 0 Å². The lowest BCUT2D eigenvalue weighted by Crippen LogP contribution is -2.41. The van der Waals surface area contributed by atoms with Crippen LogP contribution in [-0.4, -0.2) is 51.5 Å². The second-order valence-corrected chi connectivity index (χ2v) is 4.03. The minimum absolute atomic E-state index is 0.129. The molecule has 0 unspecified atom stereocenters. The van der Waals surface area contributed by atoms with Crippen molar-refractivity contribution in [2.45, 2.75) is 13.8 Å². The molecule has 0 heterocycles. The average Bonchev–Trinajstić information content (AvgIpc) is 2.28. The van der Waals surface area contributed by atoms with Crippen LogP contribution in [0.3, 0.4) is 0 Å². The SMILES string of the molecule is COCCN(CCOC)C(=O)N/C=C/C(C)C. The van der Waals surface area contributed by atoms with Crippen LogP contribution < -0.4 is 5.32 Å². The molecule has 5 nitrogen and oxygen atoms in total. The van der Waals surface area contributed by atoms with E-state index in [1.807, 2.05) is 6.08 Å². The van der Waals surface area contributed by atoms with E-state index in [2.05, 4.69) is 19.2 Å². The fourth-order valence-corrected chi connectivity index (χ4v) is 1.12. The molecule has 0 spiro atoms. The molecule has 100 valence electrons. The van der Waals surface area contributed by atoms with Gasteiger partial charge in [0, 0.05) is 33.5 Å². The topological polar surface area (TPSA) is 50.8 Å². The van der Waals surface area contributed by atoms with Gasteiger partial charge in [-0.2, -0.15) is 0 Å². The lowest BCUT2D eigenvalue weighted by molar-refractivity contribution is 0.124. The van der Waals surface area contributed by atoms with Gasteiger partial charge >= 0.3 is 6.03 Å². The maximum Gasteiger partial charge on any atom is 0.321 e. The van der Waals surface area contributed by atoms with Crippen molar-refractivity contribution in [1.82, 2.24) is 10.2 Å². The second-order valence-electron chi connectivity index (χ2n) is 4.03. The number of methoxy groups -OCH3 is 2. The Morgan fingerprint density at radius 3 is 2.18 bits per heavy atom. The molecule has 0 saturated heterocycles. The zero-order valence-electron chi connectivity index (χ0n) is 11.2. The van der Waals surface area contributed by atoms with E-state index in [1.165, 1.54) is 0 Å². The number of hydrogen-bond donors (Lipinski definition) is 1. The highest BCUT2D eigenvalue weighted by Gasteiger charge is 2.10. The molecule has 0 saturated carbocycles. The zero-order valence-corrected chi connectivity index (χ0v) is 11.2. The van der Waals surface area contributed by atoms with Crippen molar-refractivity contribution in [3.8, 4) is 0 Å². The van der Waals surface area contributed by atoms with Crippen molar-refractivity contribution in [2.24, 2.45) is 5.92 Å². The summed E-state index contributed by atoms with van der Waals surface area (Å²) in [6, 6.07) is -0.129. The third kappa shape index (κ3) is 8.71. The van der Waals surface area contributed by atoms with Crippen LogP contribution >= 0.6 is 0 Å². The Kier molecular flexibility index (Phi) is 9.47. The van der Waals surface area contributed by atoms with Gasteiger partial charge in [-0.05, 0) is 5.92 Å². The maximum absolute atomic E-state index is 11.8. The number of nitrogens with zero attached hydrogens (tertiary/aromatic N) is 1. The van der Waals surface area contributed by atoms with Gasteiger partial charge in [0.25, 0.3) is 0 Å². The highest BCUT2D eigenvalue weighted by molar-refractivity contribution is 5.75. The lowest BCUT2D eigenvalue weighted by Gasteiger charge is -2.21. The average molecular weight is 244 g/mol. The van der Waals surface area contributed by atoms with E-state index in [1.54, 1.807) is 25.3 Å². The number of amides is 2. The minimum Gasteiger partial charge on any atom is -0.383 e. The number of rotatable bonds is 8. The van der Waals surface area contributed by atoms with E-state index in [9.17, 15) is 4.79 Å². The lowest BCUT2D eigenvalue weighted by atomic mass is 10.2. The Labute approximate surface area is 104 Å². The van der Waals surface area contributed by atoms with Crippen molar-refractivity contribution in [2.75, 3.05) is 40.5 Å². The number of carbonyl (C=O) groups excluding carboxylic acids is 1. The van der Waals surface area contributed by atoms with E-state index in [4.69, 9.17) is 9.47 Å². The molecule has 0 atom stereocenters.